The van der Waals surface area contributed by atoms with Gasteiger partial charge in [0.25, 0.3) is 0 Å². The molecule has 1 aliphatic heterocycles. The Labute approximate surface area is 197 Å². The van der Waals surface area contributed by atoms with E-state index in [1.54, 1.807) is 0 Å². The number of amides is 1. The molecule has 11 heteroatoms. The SMILES string of the molecule is Cc1cc(C)c2sc(NC(=O)C3CCN(S(=O)(=O)c4cccc(S(C)(=O)=O)c4)CC3)nc2c1. The number of piperidine rings is 1. The van der Waals surface area contributed by atoms with Crippen LogP contribution in [0.4, 0.5) is 5.13 Å². The summed E-state index contributed by atoms with van der Waals surface area (Å²) in [5, 5.41) is 3.43. The first-order valence-electron chi connectivity index (χ1n) is 10.4. The second-order valence-electron chi connectivity index (χ2n) is 8.36. The molecule has 0 bridgehead atoms. The molecule has 0 radical (unpaired) electrons. The molecule has 1 aliphatic rings. The second-order valence-corrected chi connectivity index (χ2v) is 13.3. The quantitative estimate of drug-likeness (QED) is 0.567. The number of rotatable bonds is 5. The van der Waals surface area contributed by atoms with Gasteiger partial charge in [-0.3, -0.25) is 4.79 Å². The zero-order chi connectivity index (χ0) is 24.0. The van der Waals surface area contributed by atoms with Gasteiger partial charge in [0.2, 0.25) is 15.9 Å². The highest BCUT2D eigenvalue weighted by atomic mass is 32.2. The number of aromatic nitrogens is 1. The number of nitrogens with one attached hydrogen (secondary N) is 1. The number of nitrogens with zero attached hydrogens (tertiary/aromatic N) is 2. The Morgan fingerprint density at radius 3 is 2.39 bits per heavy atom. The number of carbonyl (C=O) groups is 1. The van der Waals surface area contributed by atoms with Crippen molar-refractivity contribution in [3.8, 4) is 0 Å². The van der Waals surface area contributed by atoms with Crippen molar-refractivity contribution >= 4 is 52.5 Å². The van der Waals surface area contributed by atoms with E-state index in [4.69, 9.17) is 0 Å². The highest BCUT2D eigenvalue weighted by molar-refractivity contribution is 7.91. The zero-order valence-corrected chi connectivity index (χ0v) is 21.0. The van der Waals surface area contributed by atoms with Crippen molar-refractivity contribution in [2.45, 2.75) is 36.5 Å². The molecule has 176 valence electrons. The monoisotopic (exact) mass is 507 g/mol. The summed E-state index contributed by atoms with van der Waals surface area (Å²) in [4.78, 5) is 17.2. The van der Waals surface area contributed by atoms with Gasteiger partial charge in [0, 0.05) is 25.3 Å². The molecule has 0 aliphatic carbocycles. The third-order valence-electron chi connectivity index (χ3n) is 5.75. The van der Waals surface area contributed by atoms with Crippen LogP contribution in [0.15, 0.2) is 46.2 Å². The highest BCUT2D eigenvalue weighted by Gasteiger charge is 2.32. The van der Waals surface area contributed by atoms with Crippen LogP contribution in [-0.4, -0.2) is 51.4 Å². The standard InChI is InChI=1S/C22H25N3O5S3/c1-14-11-15(2)20-19(12-14)23-22(31-20)24-21(26)16-7-9-25(10-8-16)33(29,30)18-6-4-5-17(13-18)32(3,27)28/h4-6,11-13,16H,7-10H2,1-3H3,(H,23,24,26). The number of anilines is 1. The van der Waals surface area contributed by atoms with Gasteiger partial charge >= 0.3 is 0 Å². The van der Waals surface area contributed by atoms with Gasteiger partial charge in [0.05, 0.1) is 20.0 Å². The fourth-order valence-corrected chi connectivity index (χ4v) is 7.19. The maximum atomic E-state index is 13.0. The fraction of sp³-hybridized carbons (Fsp3) is 0.364. The number of benzene rings is 2. The molecule has 2 heterocycles. The first kappa shape index (κ1) is 23.8. The molecule has 33 heavy (non-hydrogen) atoms. The fourth-order valence-electron chi connectivity index (χ4n) is 4.01. The summed E-state index contributed by atoms with van der Waals surface area (Å²) in [6.45, 7) is 4.38. The van der Waals surface area contributed by atoms with Crippen LogP contribution in [0.1, 0.15) is 24.0 Å². The van der Waals surface area contributed by atoms with Gasteiger partial charge in [-0.25, -0.2) is 21.8 Å². The summed E-state index contributed by atoms with van der Waals surface area (Å²) in [5.74, 6) is -0.492. The van der Waals surface area contributed by atoms with E-state index in [1.807, 2.05) is 19.9 Å². The zero-order valence-electron chi connectivity index (χ0n) is 18.5. The Morgan fingerprint density at radius 2 is 1.73 bits per heavy atom. The normalized spacial score (nSPS) is 16.2. The molecule has 1 amide bonds. The molecule has 3 aromatic rings. The lowest BCUT2D eigenvalue weighted by Crippen LogP contribution is -2.41. The lowest BCUT2D eigenvalue weighted by atomic mass is 9.97. The van der Waals surface area contributed by atoms with Crippen LogP contribution in [0, 0.1) is 19.8 Å². The van der Waals surface area contributed by atoms with Crippen molar-refractivity contribution < 1.29 is 21.6 Å². The van der Waals surface area contributed by atoms with E-state index in [9.17, 15) is 21.6 Å². The summed E-state index contributed by atoms with van der Waals surface area (Å²) in [5.41, 5.74) is 3.07. The van der Waals surface area contributed by atoms with Gasteiger partial charge in [-0.2, -0.15) is 4.31 Å². The average molecular weight is 508 g/mol. The van der Waals surface area contributed by atoms with Crippen molar-refractivity contribution in [2.24, 2.45) is 5.92 Å². The van der Waals surface area contributed by atoms with Crippen LogP contribution in [-0.2, 0) is 24.7 Å². The third-order valence-corrected chi connectivity index (χ3v) is 9.87. The smallest absolute Gasteiger partial charge is 0.243 e. The lowest BCUT2D eigenvalue weighted by molar-refractivity contribution is -0.120. The summed E-state index contributed by atoms with van der Waals surface area (Å²) in [7, 11) is -7.37. The summed E-state index contributed by atoms with van der Waals surface area (Å²) < 4.78 is 52.0. The van der Waals surface area contributed by atoms with E-state index in [0.717, 1.165) is 27.6 Å². The number of carbonyl (C=O) groups excluding carboxylic acids is 1. The Morgan fingerprint density at radius 1 is 1.06 bits per heavy atom. The molecule has 8 nitrogen and oxygen atoms in total. The summed E-state index contributed by atoms with van der Waals surface area (Å²) >= 11 is 1.43. The van der Waals surface area contributed by atoms with Crippen LogP contribution in [0.2, 0.25) is 0 Å². The molecule has 1 saturated heterocycles. The van der Waals surface area contributed by atoms with Crippen molar-refractivity contribution in [2.75, 3.05) is 24.7 Å². The average Bonchev–Trinajstić information content (AvgIpc) is 3.16. The molecular weight excluding hydrogens is 482 g/mol. The Bertz CT molecular complexity index is 1440. The van der Waals surface area contributed by atoms with Gasteiger partial charge in [-0.15, -0.1) is 0 Å². The summed E-state index contributed by atoms with van der Waals surface area (Å²) in [6, 6.07) is 9.42. The molecule has 2 aromatic carbocycles. The van der Waals surface area contributed by atoms with Gasteiger partial charge in [-0.1, -0.05) is 23.5 Å². The summed E-state index contributed by atoms with van der Waals surface area (Å²) in [6.07, 6.45) is 1.79. The van der Waals surface area contributed by atoms with E-state index < -0.39 is 19.9 Å². The minimum Gasteiger partial charge on any atom is -0.302 e. The van der Waals surface area contributed by atoms with Gasteiger partial charge in [0.1, 0.15) is 0 Å². The highest BCUT2D eigenvalue weighted by Crippen LogP contribution is 2.31. The van der Waals surface area contributed by atoms with Crippen molar-refractivity contribution in [3.05, 3.63) is 47.5 Å². The third kappa shape index (κ3) is 4.96. The maximum Gasteiger partial charge on any atom is 0.243 e. The van der Waals surface area contributed by atoms with Crippen molar-refractivity contribution in [3.63, 3.8) is 0 Å². The largest absolute Gasteiger partial charge is 0.302 e. The molecule has 1 N–H and O–H groups in total. The number of hydrogen-bond donors (Lipinski definition) is 1. The predicted octanol–water partition coefficient (Wildman–Crippen LogP) is 3.36. The van der Waals surface area contributed by atoms with Crippen LogP contribution in [0.25, 0.3) is 10.2 Å². The first-order chi connectivity index (χ1) is 15.4. The number of sulfonamides is 1. The Kier molecular flexibility index (Phi) is 6.34. The van der Waals surface area contributed by atoms with E-state index in [-0.39, 0.29) is 34.7 Å². The Balaban J connectivity index is 1.43. The number of aryl methyl sites for hydroxylation is 2. The molecule has 0 saturated carbocycles. The minimum atomic E-state index is -3.85. The molecular formula is C22H25N3O5S3. The molecule has 1 aromatic heterocycles. The Hall–Kier alpha value is -2.34. The van der Waals surface area contributed by atoms with Gasteiger partial charge in [-0.05, 0) is 62.1 Å². The van der Waals surface area contributed by atoms with E-state index >= 15 is 0 Å². The number of fused-ring (bicyclic) bond motifs is 1. The van der Waals surface area contributed by atoms with Crippen LogP contribution >= 0.6 is 11.3 Å². The van der Waals surface area contributed by atoms with Crippen LogP contribution in [0.3, 0.4) is 0 Å². The van der Waals surface area contributed by atoms with Crippen LogP contribution < -0.4 is 5.32 Å². The number of sulfone groups is 1. The number of thiazole rings is 1. The van der Waals surface area contributed by atoms with Gasteiger partial charge < -0.3 is 5.32 Å². The van der Waals surface area contributed by atoms with Gasteiger partial charge in [0.15, 0.2) is 15.0 Å². The molecule has 0 atom stereocenters. The van der Waals surface area contributed by atoms with E-state index in [0.29, 0.717) is 18.0 Å². The van der Waals surface area contributed by atoms with E-state index in [2.05, 4.69) is 16.4 Å². The predicted molar refractivity (Wildman–Crippen MR) is 129 cm³/mol. The minimum absolute atomic E-state index is 0.0425. The van der Waals surface area contributed by atoms with E-state index in [1.165, 1.54) is 39.9 Å². The lowest BCUT2D eigenvalue weighted by Gasteiger charge is -2.30. The van der Waals surface area contributed by atoms with Crippen molar-refractivity contribution in [1.29, 1.82) is 0 Å². The maximum absolute atomic E-state index is 13.0. The molecule has 0 spiro atoms. The topological polar surface area (TPSA) is 114 Å². The molecule has 1 fully saturated rings. The molecule has 4 rings (SSSR count). The van der Waals surface area contributed by atoms with Crippen molar-refractivity contribution in [1.82, 2.24) is 9.29 Å². The van der Waals surface area contributed by atoms with Crippen LogP contribution in [0.5, 0.6) is 0 Å². The first-order valence-corrected chi connectivity index (χ1v) is 14.6. The second kappa shape index (κ2) is 8.79. The molecule has 0 unspecified atom stereocenters. The number of hydrogen-bond acceptors (Lipinski definition) is 7.